The highest BCUT2D eigenvalue weighted by Crippen LogP contribution is 2.42. The molecule has 0 saturated carbocycles. The van der Waals surface area contributed by atoms with E-state index in [4.69, 9.17) is 32.7 Å². The van der Waals surface area contributed by atoms with Crippen molar-refractivity contribution in [3.05, 3.63) is 22.7 Å². The van der Waals surface area contributed by atoms with Gasteiger partial charge in [0.2, 0.25) is 0 Å². The second kappa shape index (κ2) is 5.67. The van der Waals surface area contributed by atoms with Crippen molar-refractivity contribution in [2.24, 2.45) is 0 Å². The Morgan fingerprint density at radius 2 is 1.74 bits per heavy atom. The number of ether oxygens (including phenoxy) is 2. The average molecular weight is 315 g/mol. The number of fused-ring (bicyclic) bond motifs is 1. The summed E-state index contributed by atoms with van der Waals surface area (Å²) in [6.45, 7) is 0.926. The van der Waals surface area contributed by atoms with Crippen LogP contribution in [0.15, 0.2) is 12.1 Å². The van der Waals surface area contributed by atoms with Crippen molar-refractivity contribution in [2.75, 3.05) is 13.2 Å². The van der Waals surface area contributed by atoms with Gasteiger partial charge in [0, 0.05) is 17.5 Å². The van der Waals surface area contributed by atoms with E-state index in [-0.39, 0.29) is 10.6 Å². The molecule has 0 spiro atoms. The molecule has 1 aromatic carbocycles. The van der Waals surface area contributed by atoms with E-state index in [9.17, 15) is 13.2 Å². The molecule has 0 aliphatic carbocycles. The SMILES string of the molecule is FC(F)(F)CC(Cl)c1cc2c(cc1Cl)OCCCO2. The summed E-state index contributed by atoms with van der Waals surface area (Å²) in [5.41, 5.74) is 0.199. The summed E-state index contributed by atoms with van der Waals surface area (Å²) in [7, 11) is 0. The molecule has 1 aromatic rings. The summed E-state index contributed by atoms with van der Waals surface area (Å²) < 4.78 is 47.8. The van der Waals surface area contributed by atoms with Crippen LogP contribution in [0.1, 0.15) is 23.8 Å². The Hall–Kier alpha value is -0.810. The standard InChI is InChI=1S/C12H11Cl2F3O2/c13-8-5-11-10(18-2-1-3-19-11)4-7(8)9(14)6-12(15,16)17/h4-5,9H,1-3,6H2. The second-order valence-corrected chi connectivity index (χ2v) is 5.09. The Balaban J connectivity index is 2.28. The third-order valence-corrected chi connectivity index (χ3v) is 3.33. The fourth-order valence-electron chi connectivity index (χ4n) is 1.75. The lowest BCUT2D eigenvalue weighted by Crippen LogP contribution is -2.11. The van der Waals surface area contributed by atoms with Crippen molar-refractivity contribution in [1.29, 1.82) is 0 Å². The monoisotopic (exact) mass is 314 g/mol. The summed E-state index contributed by atoms with van der Waals surface area (Å²) in [6.07, 6.45) is -4.79. The molecule has 0 aromatic heterocycles. The molecule has 1 heterocycles. The van der Waals surface area contributed by atoms with Crippen LogP contribution in [-0.2, 0) is 0 Å². The topological polar surface area (TPSA) is 18.5 Å². The summed E-state index contributed by atoms with van der Waals surface area (Å²) >= 11 is 11.7. The highest BCUT2D eigenvalue weighted by molar-refractivity contribution is 6.33. The molecule has 2 nitrogen and oxygen atoms in total. The van der Waals surface area contributed by atoms with Gasteiger partial charge in [-0.3, -0.25) is 0 Å². The first-order chi connectivity index (χ1) is 8.87. The molecular formula is C12H11Cl2F3O2. The lowest BCUT2D eigenvalue weighted by atomic mass is 10.1. The van der Waals surface area contributed by atoms with E-state index in [0.717, 1.165) is 0 Å². The Kier molecular flexibility index (Phi) is 4.36. The van der Waals surface area contributed by atoms with Crippen LogP contribution in [0.4, 0.5) is 13.2 Å². The molecular weight excluding hydrogens is 304 g/mol. The van der Waals surface area contributed by atoms with E-state index < -0.39 is 18.0 Å². The first-order valence-corrected chi connectivity index (χ1v) is 6.48. The van der Waals surface area contributed by atoms with Crippen LogP contribution >= 0.6 is 23.2 Å². The predicted molar refractivity (Wildman–Crippen MR) is 66.3 cm³/mol. The first kappa shape index (κ1) is 14.6. The van der Waals surface area contributed by atoms with Gasteiger partial charge in [0.15, 0.2) is 11.5 Å². The largest absolute Gasteiger partial charge is 0.490 e. The molecule has 1 aliphatic heterocycles. The molecule has 0 amide bonds. The number of rotatable bonds is 2. The molecule has 1 atom stereocenters. The summed E-state index contributed by atoms with van der Waals surface area (Å²) in [5, 5.41) is -1.10. The van der Waals surface area contributed by atoms with Crippen molar-refractivity contribution in [2.45, 2.75) is 24.4 Å². The van der Waals surface area contributed by atoms with E-state index in [0.29, 0.717) is 31.1 Å². The van der Waals surface area contributed by atoms with Gasteiger partial charge in [0.1, 0.15) is 0 Å². The third-order valence-electron chi connectivity index (χ3n) is 2.61. The predicted octanol–water partition coefficient (Wildman–Crippen LogP) is 4.73. The fourth-order valence-corrected chi connectivity index (χ4v) is 2.45. The van der Waals surface area contributed by atoms with E-state index >= 15 is 0 Å². The molecule has 7 heteroatoms. The van der Waals surface area contributed by atoms with Crippen LogP contribution in [0.2, 0.25) is 5.02 Å². The molecule has 1 aliphatic rings. The van der Waals surface area contributed by atoms with Gasteiger partial charge in [-0.1, -0.05) is 11.6 Å². The van der Waals surface area contributed by atoms with Gasteiger partial charge in [0.05, 0.1) is 25.0 Å². The van der Waals surface area contributed by atoms with Crippen LogP contribution in [0.25, 0.3) is 0 Å². The minimum atomic E-state index is -4.35. The maximum atomic E-state index is 12.3. The fraction of sp³-hybridized carbons (Fsp3) is 0.500. The van der Waals surface area contributed by atoms with Crippen molar-refractivity contribution in [1.82, 2.24) is 0 Å². The lowest BCUT2D eigenvalue weighted by molar-refractivity contribution is -0.134. The van der Waals surface area contributed by atoms with Crippen LogP contribution in [-0.4, -0.2) is 19.4 Å². The number of halogens is 5. The van der Waals surface area contributed by atoms with Crippen molar-refractivity contribution >= 4 is 23.2 Å². The third kappa shape index (κ3) is 3.83. The van der Waals surface area contributed by atoms with Crippen LogP contribution in [0.3, 0.4) is 0 Å². The Labute approximate surface area is 118 Å². The number of hydrogen-bond acceptors (Lipinski definition) is 2. The molecule has 1 unspecified atom stereocenters. The maximum absolute atomic E-state index is 12.3. The number of alkyl halides is 4. The van der Waals surface area contributed by atoms with Gasteiger partial charge in [-0.05, 0) is 11.6 Å². The van der Waals surface area contributed by atoms with E-state index in [1.54, 1.807) is 0 Å². The second-order valence-electron chi connectivity index (χ2n) is 4.16. The van der Waals surface area contributed by atoms with Gasteiger partial charge in [-0.15, -0.1) is 11.6 Å². The highest BCUT2D eigenvalue weighted by atomic mass is 35.5. The zero-order valence-corrected chi connectivity index (χ0v) is 11.3. The van der Waals surface area contributed by atoms with E-state index in [2.05, 4.69) is 0 Å². The Bertz CT molecular complexity index is 463. The number of hydrogen-bond donors (Lipinski definition) is 0. The quantitative estimate of drug-likeness (QED) is 0.734. The Morgan fingerprint density at radius 1 is 1.16 bits per heavy atom. The van der Waals surface area contributed by atoms with E-state index in [1.165, 1.54) is 12.1 Å². The van der Waals surface area contributed by atoms with Gasteiger partial charge in [0.25, 0.3) is 0 Å². The maximum Gasteiger partial charge on any atom is 0.390 e. The Morgan fingerprint density at radius 3 is 2.32 bits per heavy atom. The average Bonchev–Trinajstić information content (AvgIpc) is 2.50. The van der Waals surface area contributed by atoms with Crippen LogP contribution in [0.5, 0.6) is 11.5 Å². The molecule has 19 heavy (non-hydrogen) atoms. The van der Waals surface area contributed by atoms with Gasteiger partial charge in [-0.25, -0.2) is 0 Å². The molecule has 0 N–H and O–H groups in total. The summed E-state index contributed by atoms with van der Waals surface area (Å²) in [4.78, 5) is 0. The molecule has 0 fully saturated rings. The zero-order chi connectivity index (χ0) is 14.0. The first-order valence-electron chi connectivity index (χ1n) is 5.66. The van der Waals surface area contributed by atoms with Gasteiger partial charge < -0.3 is 9.47 Å². The molecule has 106 valence electrons. The molecule has 0 saturated heterocycles. The van der Waals surface area contributed by atoms with Crippen molar-refractivity contribution in [3.63, 3.8) is 0 Å². The van der Waals surface area contributed by atoms with Gasteiger partial charge in [-0.2, -0.15) is 13.2 Å². The molecule has 2 rings (SSSR count). The van der Waals surface area contributed by atoms with Crippen LogP contribution in [0, 0.1) is 0 Å². The normalized spacial score (nSPS) is 16.9. The lowest BCUT2D eigenvalue weighted by Gasteiger charge is -2.16. The van der Waals surface area contributed by atoms with Gasteiger partial charge >= 0.3 is 6.18 Å². The highest BCUT2D eigenvalue weighted by Gasteiger charge is 2.33. The minimum absolute atomic E-state index is 0.147. The summed E-state index contributed by atoms with van der Waals surface area (Å²) in [5.74, 6) is 0.812. The number of benzene rings is 1. The molecule has 0 bridgehead atoms. The summed E-state index contributed by atoms with van der Waals surface area (Å²) in [6, 6.07) is 2.87. The van der Waals surface area contributed by atoms with Crippen LogP contribution < -0.4 is 9.47 Å². The smallest absolute Gasteiger partial charge is 0.390 e. The molecule has 0 radical (unpaired) electrons. The van der Waals surface area contributed by atoms with Crippen molar-refractivity contribution < 1.29 is 22.6 Å². The van der Waals surface area contributed by atoms with E-state index in [1.807, 2.05) is 0 Å². The zero-order valence-electron chi connectivity index (χ0n) is 9.77. The minimum Gasteiger partial charge on any atom is -0.490 e. The van der Waals surface area contributed by atoms with Crippen molar-refractivity contribution in [3.8, 4) is 11.5 Å².